The van der Waals surface area contributed by atoms with Crippen molar-refractivity contribution in [3.8, 4) is 0 Å². The number of carbonyl (C=O) groups is 2. The van der Waals surface area contributed by atoms with Gasteiger partial charge >= 0.3 is 0 Å². The molecule has 0 aliphatic heterocycles. The van der Waals surface area contributed by atoms with Gasteiger partial charge in [0.1, 0.15) is 0 Å². The number of nitrogens with one attached hydrogen (secondary N) is 1. The summed E-state index contributed by atoms with van der Waals surface area (Å²) in [6.07, 6.45) is 4.49. The van der Waals surface area contributed by atoms with Gasteiger partial charge in [-0.25, -0.2) is 4.98 Å². The molecule has 7 heteroatoms. The molecule has 2 aromatic rings. The molecule has 25 heavy (non-hydrogen) atoms. The molecule has 0 atom stereocenters. The Kier molecular flexibility index (Phi) is 8.08. The van der Waals surface area contributed by atoms with Crippen LogP contribution in [0, 0.1) is 0 Å². The number of amides is 2. The van der Waals surface area contributed by atoms with Crippen molar-refractivity contribution in [3.05, 3.63) is 33.5 Å². The summed E-state index contributed by atoms with van der Waals surface area (Å²) in [7, 11) is 0. The first kappa shape index (κ1) is 19.6. The Morgan fingerprint density at radius 3 is 2.48 bits per heavy atom. The Hall–Kier alpha value is -1.73. The zero-order valence-corrected chi connectivity index (χ0v) is 16.4. The first-order valence-corrected chi connectivity index (χ1v) is 10.5. The van der Waals surface area contributed by atoms with Crippen LogP contribution in [-0.4, -0.2) is 34.8 Å². The molecule has 0 spiro atoms. The fourth-order valence-corrected chi connectivity index (χ4v) is 3.66. The second kappa shape index (κ2) is 10.3. The van der Waals surface area contributed by atoms with E-state index >= 15 is 0 Å². The molecule has 0 radical (unpaired) electrons. The Bertz CT molecular complexity index is 660. The minimum atomic E-state index is -0.158. The lowest BCUT2D eigenvalue weighted by Crippen LogP contribution is -2.34. The van der Waals surface area contributed by atoms with Crippen molar-refractivity contribution in [3.63, 3.8) is 0 Å². The van der Waals surface area contributed by atoms with Crippen molar-refractivity contribution in [2.24, 2.45) is 0 Å². The number of unbranched alkanes of at least 4 members (excludes halogenated alkanes) is 2. The topological polar surface area (TPSA) is 62.3 Å². The van der Waals surface area contributed by atoms with Crippen molar-refractivity contribution < 1.29 is 9.59 Å². The van der Waals surface area contributed by atoms with E-state index in [1.165, 1.54) is 22.7 Å². The standard InChI is InChI=1S/C18H25N3O2S2/c1-3-5-9-21(10-6-4-2)16(22)12-14-13-25-18(19-14)20-17(23)15-8-7-11-24-15/h7-8,11,13H,3-6,9-10,12H2,1-2H3,(H,19,20,23). The maximum absolute atomic E-state index is 12.5. The van der Waals surface area contributed by atoms with Crippen LogP contribution in [0.25, 0.3) is 0 Å². The lowest BCUT2D eigenvalue weighted by Gasteiger charge is -2.22. The van der Waals surface area contributed by atoms with Gasteiger partial charge in [-0.3, -0.25) is 14.9 Å². The molecule has 0 aromatic carbocycles. The molecule has 136 valence electrons. The smallest absolute Gasteiger partial charge is 0.267 e. The van der Waals surface area contributed by atoms with Gasteiger partial charge < -0.3 is 4.90 Å². The van der Waals surface area contributed by atoms with Crippen molar-refractivity contribution in [1.29, 1.82) is 0 Å². The average Bonchev–Trinajstić information content (AvgIpc) is 3.27. The lowest BCUT2D eigenvalue weighted by atomic mass is 10.2. The van der Waals surface area contributed by atoms with E-state index in [0.29, 0.717) is 16.4 Å². The fourth-order valence-electron chi connectivity index (χ4n) is 2.34. The van der Waals surface area contributed by atoms with E-state index in [2.05, 4.69) is 24.1 Å². The van der Waals surface area contributed by atoms with Crippen LogP contribution in [0.4, 0.5) is 5.13 Å². The molecule has 0 unspecified atom stereocenters. The second-order valence-corrected chi connectivity index (χ2v) is 7.65. The van der Waals surface area contributed by atoms with Gasteiger partial charge in [0.2, 0.25) is 5.91 Å². The van der Waals surface area contributed by atoms with Crippen LogP contribution in [0.1, 0.15) is 54.9 Å². The van der Waals surface area contributed by atoms with Crippen molar-refractivity contribution in [1.82, 2.24) is 9.88 Å². The molecular formula is C18H25N3O2S2. The molecule has 2 heterocycles. The Balaban J connectivity index is 1.91. The highest BCUT2D eigenvalue weighted by Crippen LogP contribution is 2.19. The zero-order valence-electron chi connectivity index (χ0n) is 14.8. The summed E-state index contributed by atoms with van der Waals surface area (Å²) < 4.78 is 0. The van der Waals surface area contributed by atoms with Crippen LogP contribution in [0.3, 0.4) is 0 Å². The van der Waals surface area contributed by atoms with Gasteiger partial charge in [-0.1, -0.05) is 32.8 Å². The number of hydrogen-bond donors (Lipinski definition) is 1. The molecule has 1 N–H and O–H groups in total. The predicted molar refractivity (Wildman–Crippen MR) is 104 cm³/mol. The van der Waals surface area contributed by atoms with E-state index < -0.39 is 0 Å². The molecule has 0 aliphatic carbocycles. The number of nitrogens with zero attached hydrogens (tertiary/aromatic N) is 2. The van der Waals surface area contributed by atoms with E-state index in [1.54, 1.807) is 6.07 Å². The number of hydrogen-bond acceptors (Lipinski definition) is 5. The maximum atomic E-state index is 12.5. The molecule has 0 saturated heterocycles. The molecular weight excluding hydrogens is 354 g/mol. The molecule has 0 bridgehead atoms. The summed E-state index contributed by atoms with van der Waals surface area (Å²) in [6, 6.07) is 3.62. The third kappa shape index (κ3) is 6.25. The van der Waals surface area contributed by atoms with Crippen LogP contribution in [0.5, 0.6) is 0 Å². The lowest BCUT2D eigenvalue weighted by molar-refractivity contribution is -0.130. The van der Waals surface area contributed by atoms with E-state index in [4.69, 9.17) is 0 Å². The minimum absolute atomic E-state index is 0.114. The van der Waals surface area contributed by atoms with Crippen LogP contribution in [0.15, 0.2) is 22.9 Å². The zero-order chi connectivity index (χ0) is 18.1. The monoisotopic (exact) mass is 379 g/mol. The number of anilines is 1. The Labute approximate surface area is 157 Å². The first-order chi connectivity index (χ1) is 12.1. The van der Waals surface area contributed by atoms with Gasteiger partial charge in [-0.05, 0) is 24.3 Å². The highest BCUT2D eigenvalue weighted by Gasteiger charge is 2.16. The van der Waals surface area contributed by atoms with Crippen LogP contribution >= 0.6 is 22.7 Å². The van der Waals surface area contributed by atoms with Crippen molar-refractivity contribution >= 4 is 39.6 Å². The highest BCUT2D eigenvalue weighted by atomic mass is 32.1. The summed E-state index contributed by atoms with van der Waals surface area (Å²) in [5.41, 5.74) is 0.717. The largest absolute Gasteiger partial charge is 0.342 e. The third-order valence-corrected chi connectivity index (χ3v) is 5.44. The van der Waals surface area contributed by atoms with Crippen molar-refractivity contribution in [2.45, 2.75) is 46.0 Å². The minimum Gasteiger partial charge on any atom is -0.342 e. The average molecular weight is 380 g/mol. The third-order valence-electron chi connectivity index (χ3n) is 3.77. The Morgan fingerprint density at radius 1 is 1.16 bits per heavy atom. The van der Waals surface area contributed by atoms with Gasteiger partial charge in [0.15, 0.2) is 5.13 Å². The molecule has 5 nitrogen and oxygen atoms in total. The summed E-state index contributed by atoms with van der Waals surface area (Å²) in [5, 5.41) is 7.04. The van der Waals surface area contributed by atoms with Crippen LogP contribution < -0.4 is 5.32 Å². The van der Waals surface area contributed by atoms with Crippen molar-refractivity contribution in [2.75, 3.05) is 18.4 Å². The molecule has 0 aliphatic rings. The Morgan fingerprint density at radius 2 is 1.88 bits per heavy atom. The SMILES string of the molecule is CCCCN(CCCC)C(=O)Cc1csc(NC(=O)c2cccs2)n1. The van der Waals surface area contributed by atoms with Gasteiger partial charge in [-0.15, -0.1) is 22.7 Å². The summed E-state index contributed by atoms with van der Waals surface area (Å²) >= 11 is 2.75. The summed E-state index contributed by atoms with van der Waals surface area (Å²) in [5.74, 6) is -0.0434. The van der Waals surface area contributed by atoms with E-state index in [-0.39, 0.29) is 11.8 Å². The molecule has 2 rings (SSSR count). The molecule has 2 aromatic heterocycles. The maximum Gasteiger partial charge on any atom is 0.267 e. The first-order valence-electron chi connectivity index (χ1n) is 8.71. The van der Waals surface area contributed by atoms with Gasteiger partial charge in [0, 0.05) is 18.5 Å². The number of thiophene rings is 1. The van der Waals surface area contributed by atoms with E-state index in [9.17, 15) is 9.59 Å². The summed E-state index contributed by atoms with van der Waals surface area (Å²) in [6.45, 7) is 5.87. The second-order valence-electron chi connectivity index (χ2n) is 5.84. The predicted octanol–water partition coefficient (Wildman–Crippen LogP) is 4.43. The van der Waals surface area contributed by atoms with E-state index in [0.717, 1.165) is 44.5 Å². The molecule has 0 fully saturated rings. The highest BCUT2D eigenvalue weighted by molar-refractivity contribution is 7.14. The number of aromatic nitrogens is 1. The summed E-state index contributed by atoms with van der Waals surface area (Å²) in [4.78, 5) is 31.6. The fraction of sp³-hybridized carbons (Fsp3) is 0.500. The van der Waals surface area contributed by atoms with Gasteiger partial charge in [0.05, 0.1) is 17.0 Å². The van der Waals surface area contributed by atoms with Crippen LogP contribution in [0.2, 0.25) is 0 Å². The number of rotatable bonds is 10. The number of thiazole rings is 1. The van der Waals surface area contributed by atoms with E-state index in [1.807, 2.05) is 21.7 Å². The normalized spacial score (nSPS) is 10.6. The quantitative estimate of drug-likeness (QED) is 0.664. The number of carbonyl (C=O) groups excluding carboxylic acids is 2. The molecule has 0 saturated carbocycles. The van der Waals surface area contributed by atoms with Gasteiger partial charge in [-0.2, -0.15) is 0 Å². The van der Waals surface area contributed by atoms with Crippen LogP contribution in [-0.2, 0) is 11.2 Å². The molecule has 2 amide bonds. The van der Waals surface area contributed by atoms with Gasteiger partial charge in [0.25, 0.3) is 5.91 Å².